The minimum atomic E-state index is -0.592. The molecule has 3 aromatic rings. The lowest BCUT2D eigenvalue weighted by Crippen LogP contribution is -2.38. The minimum absolute atomic E-state index is 0.0308. The lowest BCUT2D eigenvalue weighted by atomic mass is 10.1. The smallest absolute Gasteiger partial charge is 0.333 e. The Hall–Kier alpha value is -3.41. The fourth-order valence-corrected chi connectivity index (χ4v) is 2.48. The van der Waals surface area contributed by atoms with Crippen LogP contribution in [-0.4, -0.2) is 20.5 Å². The highest BCUT2D eigenvalue weighted by Gasteiger charge is 2.12. The second kappa shape index (κ2) is 6.60. The van der Waals surface area contributed by atoms with Crippen molar-refractivity contribution < 1.29 is 5.11 Å². The summed E-state index contributed by atoms with van der Waals surface area (Å²) in [4.78, 5) is 28.1. The summed E-state index contributed by atoms with van der Waals surface area (Å²) >= 11 is 0. The first kappa shape index (κ1) is 16.4. The molecule has 6 heteroatoms. The molecule has 1 heterocycles. The maximum Gasteiger partial charge on any atom is 0.333 e. The van der Waals surface area contributed by atoms with Gasteiger partial charge in [-0.1, -0.05) is 42.5 Å². The lowest BCUT2D eigenvalue weighted by molar-refractivity contribution is 0.410. The molecule has 0 radical (unpaired) electrons. The lowest BCUT2D eigenvalue weighted by Gasteiger charge is -2.07. The Kier molecular flexibility index (Phi) is 4.35. The zero-order valence-corrected chi connectivity index (χ0v) is 13.9. The van der Waals surface area contributed by atoms with Crippen molar-refractivity contribution in [1.29, 1.82) is 0 Å². The molecule has 0 aliphatic heterocycles. The topological polar surface area (TPSA) is 76.6 Å². The summed E-state index contributed by atoms with van der Waals surface area (Å²) in [5.41, 5.74) is 1.58. The fourth-order valence-electron chi connectivity index (χ4n) is 2.48. The Morgan fingerprint density at radius 3 is 2.12 bits per heavy atom. The van der Waals surface area contributed by atoms with Gasteiger partial charge in [-0.25, -0.2) is 4.79 Å². The highest BCUT2D eigenvalue weighted by Crippen LogP contribution is 2.22. The molecule has 0 aliphatic rings. The van der Waals surface area contributed by atoms with E-state index < -0.39 is 17.1 Å². The van der Waals surface area contributed by atoms with Gasteiger partial charge in [0.05, 0.1) is 5.69 Å². The normalized spacial score (nSPS) is 11.1. The zero-order valence-electron chi connectivity index (χ0n) is 13.9. The first-order chi connectivity index (χ1) is 12.0. The van der Waals surface area contributed by atoms with Gasteiger partial charge >= 0.3 is 5.69 Å². The van der Waals surface area contributed by atoms with Crippen LogP contribution in [0.5, 0.6) is 5.88 Å². The number of benzene rings is 2. The van der Waals surface area contributed by atoms with Gasteiger partial charge < -0.3 is 5.11 Å². The van der Waals surface area contributed by atoms with Crippen molar-refractivity contribution in [2.45, 2.75) is 0 Å². The first-order valence-corrected chi connectivity index (χ1v) is 7.67. The summed E-state index contributed by atoms with van der Waals surface area (Å²) in [5.74, 6) is -0.405. The van der Waals surface area contributed by atoms with Crippen LogP contribution >= 0.6 is 0 Å². The van der Waals surface area contributed by atoms with Crippen molar-refractivity contribution in [2.24, 2.45) is 19.1 Å². The van der Waals surface area contributed by atoms with E-state index in [1.165, 1.54) is 20.3 Å². The predicted octanol–water partition coefficient (Wildman–Crippen LogP) is 2.21. The van der Waals surface area contributed by atoms with E-state index in [4.69, 9.17) is 0 Å². The van der Waals surface area contributed by atoms with Gasteiger partial charge in [0, 0.05) is 20.3 Å². The summed E-state index contributed by atoms with van der Waals surface area (Å²) in [5, 5.41) is 10.0. The second-order valence-corrected chi connectivity index (χ2v) is 5.61. The van der Waals surface area contributed by atoms with Crippen LogP contribution in [0, 0.1) is 0 Å². The van der Waals surface area contributed by atoms with Crippen LogP contribution < -0.4 is 11.2 Å². The van der Waals surface area contributed by atoms with Crippen LogP contribution in [0.1, 0.15) is 5.56 Å². The third-order valence-electron chi connectivity index (χ3n) is 3.98. The number of hydrogen-bond donors (Lipinski definition) is 1. The average molecular weight is 335 g/mol. The molecule has 1 N–H and O–H groups in total. The number of aliphatic imine (C=N–C) groups is 1. The molecule has 0 aliphatic carbocycles. The SMILES string of the molecule is Cn1c(O)c(C=Nc2ccc(-c3ccccc3)cc2)c(=O)n(C)c1=O. The van der Waals surface area contributed by atoms with Gasteiger partial charge in [-0.15, -0.1) is 0 Å². The van der Waals surface area contributed by atoms with Crippen LogP contribution in [0.3, 0.4) is 0 Å². The van der Waals surface area contributed by atoms with Crippen molar-refractivity contribution in [3.05, 3.63) is 81.0 Å². The quantitative estimate of drug-likeness (QED) is 0.746. The maximum absolute atomic E-state index is 12.1. The van der Waals surface area contributed by atoms with Crippen LogP contribution in [0.2, 0.25) is 0 Å². The number of rotatable bonds is 3. The summed E-state index contributed by atoms with van der Waals surface area (Å²) in [6, 6.07) is 17.4. The highest BCUT2D eigenvalue weighted by molar-refractivity contribution is 5.84. The van der Waals surface area contributed by atoms with Crippen molar-refractivity contribution in [3.63, 3.8) is 0 Å². The zero-order chi connectivity index (χ0) is 18.0. The molecule has 0 amide bonds. The van der Waals surface area contributed by atoms with Gasteiger partial charge in [0.1, 0.15) is 5.56 Å². The third-order valence-corrected chi connectivity index (χ3v) is 3.98. The van der Waals surface area contributed by atoms with Gasteiger partial charge in [0.25, 0.3) is 5.56 Å². The van der Waals surface area contributed by atoms with Crippen LogP contribution in [-0.2, 0) is 14.1 Å². The Bertz CT molecular complexity index is 1050. The standard InChI is InChI=1S/C19H17N3O3/c1-21-17(23)16(18(24)22(2)19(21)25)12-20-15-10-8-14(9-11-15)13-6-4-3-5-7-13/h3-12,23H,1-2H3. The molecule has 3 rings (SSSR count). The summed E-state index contributed by atoms with van der Waals surface area (Å²) in [6.45, 7) is 0. The number of nitrogens with zero attached hydrogens (tertiary/aromatic N) is 3. The Labute approximate surface area is 144 Å². The second-order valence-electron chi connectivity index (χ2n) is 5.61. The Morgan fingerprint density at radius 2 is 1.48 bits per heavy atom. The molecule has 0 bridgehead atoms. The molecule has 2 aromatic carbocycles. The van der Waals surface area contributed by atoms with Crippen molar-refractivity contribution in [1.82, 2.24) is 9.13 Å². The molecule has 6 nitrogen and oxygen atoms in total. The van der Waals surface area contributed by atoms with Crippen LogP contribution in [0.4, 0.5) is 5.69 Å². The minimum Gasteiger partial charge on any atom is -0.494 e. The van der Waals surface area contributed by atoms with Crippen LogP contribution in [0.15, 0.2) is 69.2 Å². The highest BCUT2D eigenvalue weighted by atomic mass is 16.3. The largest absolute Gasteiger partial charge is 0.494 e. The van der Waals surface area contributed by atoms with Crippen molar-refractivity contribution >= 4 is 11.9 Å². The number of aromatic nitrogens is 2. The maximum atomic E-state index is 12.1. The molecule has 0 saturated carbocycles. The van der Waals surface area contributed by atoms with E-state index in [0.717, 1.165) is 20.3 Å². The van der Waals surface area contributed by atoms with Gasteiger partial charge in [0.2, 0.25) is 5.88 Å². The van der Waals surface area contributed by atoms with Gasteiger partial charge in [-0.2, -0.15) is 0 Å². The number of hydrogen-bond acceptors (Lipinski definition) is 4. The third kappa shape index (κ3) is 3.14. The average Bonchev–Trinajstić information content (AvgIpc) is 2.66. The van der Waals surface area contributed by atoms with Gasteiger partial charge in [-0.05, 0) is 23.3 Å². The molecule has 0 fully saturated rings. The molecule has 0 atom stereocenters. The monoisotopic (exact) mass is 335 g/mol. The van der Waals surface area contributed by atoms with Gasteiger partial charge in [-0.3, -0.25) is 18.9 Å². The molecule has 25 heavy (non-hydrogen) atoms. The van der Waals surface area contributed by atoms with E-state index in [1.54, 1.807) is 0 Å². The van der Waals surface area contributed by atoms with E-state index in [2.05, 4.69) is 4.99 Å². The van der Waals surface area contributed by atoms with E-state index in [-0.39, 0.29) is 5.56 Å². The molecule has 0 spiro atoms. The molecule has 1 aromatic heterocycles. The molecule has 0 unspecified atom stereocenters. The summed E-state index contributed by atoms with van der Waals surface area (Å²) < 4.78 is 1.93. The summed E-state index contributed by atoms with van der Waals surface area (Å²) in [7, 11) is 2.75. The van der Waals surface area contributed by atoms with E-state index in [1.807, 2.05) is 54.6 Å². The van der Waals surface area contributed by atoms with Crippen LogP contribution in [0.25, 0.3) is 11.1 Å². The molecular weight excluding hydrogens is 318 g/mol. The molecule has 0 saturated heterocycles. The van der Waals surface area contributed by atoms with E-state index in [9.17, 15) is 14.7 Å². The molecule has 126 valence electrons. The molecular formula is C19H17N3O3. The van der Waals surface area contributed by atoms with E-state index in [0.29, 0.717) is 5.69 Å². The number of aromatic hydroxyl groups is 1. The van der Waals surface area contributed by atoms with E-state index >= 15 is 0 Å². The summed E-state index contributed by atoms with van der Waals surface area (Å²) in [6.07, 6.45) is 1.27. The van der Waals surface area contributed by atoms with Crippen molar-refractivity contribution in [2.75, 3.05) is 0 Å². The van der Waals surface area contributed by atoms with Crippen molar-refractivity contribution in [3.8, 4) is 17.0 Å². The first-order valence-electron chi connectivity index (χ1n) is 7.67. The Balaban J connectivity index is 1.94. The fraction of sp³-hybridized carbons (Fsp3) is 0.105. The predicted molar refractivity (Wildman–Crippen MR) is 97.7 cm³/mol. The Morgan fingerprint density at radius 1 is 0.880 bits per heavy atom. The van der Waals surface area contributed by atoms with Gasteiger partial charge in [0.15, 0.2) is 0 Å².